The first-order chi connectivity index (χ1) is 9.97. The second kappa shape index (κ2) is 8.14. The second-order valence-corrected chi connectivity index (χ2v) is 4.66. The van der Waals surface area contributed by atoms with Gasteiger partial charge in [0.15, 0.2) is 0 Å². The van der Waals surface area contributed by atoms with Crippen LogP contribution in [0.25, 0.3) is 0 Å². The van der Waals surface area contributed by atoms with Crippen molar-refractivity contribution in [3.8, 4) is 11.5 Å². The van der Waals surface area contributed by atoms with Gasteiger partial charge in [-0.3, -0.25) is 9.59 Å². The Bertz CT molecular complexity index is 480. The van der Waals surface area contributed by atoms with Gasteiger partial charge in [0, 0.05) is 38.7 Å². The maximum Gasteiger partial charge on any atom is 0.253 e. The number of benzene rings is 1. The molecule has 0 saturated carbocycles. The molecule has 6 heteroatoms. The number of nitrogens with one attached hydrogen (secondary N) is 1. The third-order valence-corrected chi connectivity index (χ3v) is 2.99. The number of nitrogens with zero attached hydrogens (tertiary/aromatic N) is 1. The summed E-state index contributed by atoms with van der Waals surface area (Å²) in [6, 6.07) is 5.07. The summed E-state index contributed by atoms with van der Waals surface area (Å²) in [4.78, 5) is 24.7. The van der Waals surface area contributed by atoms with E-state index in [1.165, 1.54) is 6.92 Å². The summed E-state index contributed by atoms with van der Waals surface area (Å²) >= 11 is 0. The van der Waals surface area contributed by atoms with Crippen LogP contribution in [0.4, 0.5) is 0 Å². The van der Waals surface area contributed by atoms with Gasteiger partial charge >= 0.3 is 0 Å². The van der Waals surface area contributed by atoms with E-state index in [0.717, 1.165) is 0 Å². The predicted molar refractivity (Wildman–Crippen MR) is 79.8 cm³/mol. The van der Waals surface area contributed by atoms with E-state index >= 15 is 0 Å². The maximum absolute atomic E-state index is 12.3. The fraction of sp³-hybridized carbons (Fsp3) is 0.467. The summed E-state index contributed by atoms with van der Waals surface area (Å²) in [5, 5.41) is 2.70. The van der Waals surface area contributed by atoms with Crippen molar-refractivity contribution < 1.29 is 19.1 Å². The molecular weight excluding hydrogens is 272 g/mol. The molecule has 0 aliphatic carbocycles. The maximum atomic E-state index is 12.3. The first kappa shape index (κ1) is 16.8. The Balaban J connectivity index is 2.66. The van der Waals surface area contributed by atoms with Crippen molar-refractivity contribution in [3.63, 3.8) is 0 Å². The quantitative estimate of drug-likeness (QED) is 0.770. The van der Waals surface area contributed by atoms with Gasteiger partial charge in [-0.2, -0.15) is 0 Å². The van der Waals surface area contributed by atoms with E-state index in [4.69, 9.17) is 9.47 Å². The second-order valence-electron chi connectivity index (χ2n) is 4.66. The van der Waals surface area contributed by atoms with Gasteiger partial charge < -0.3 is 19.7 Å². The van der Waals surface area contributed by atoms with Gasteiger partial charge in [-0.05, 0) is 18.6 Å². The highest BCUT2D eigenvalue weighted by Gasteiger charge is 2.14. The van der Waals surface area contributed by atoms with Crippen LogP contribution in [-0.2, 0) is 4.79 Å². The average molecular weight is 294 g/mol. The van der Waals surface area contributed by atoms with Crippen molar-refractivity contribution in [3.05, 3.63) is 23.8 Å². The summed E-state index contributed by atoms with van der Waals surface area (Å²) in [7, 11) is 4.81. The number of hydrogen-bond acceptors (Lipinski definition) is 4. The lowest BCUT2D eigenvalue weighted by Crippen LogP contribution is -2.30. The highest BCUT2D eigenvalue weighted by molar-refractivity contribution is 5.95. The summed E-state index contributed by atoms with van der Waals surface area (Å²) in [5.74, 6) is 0.963. The van der Waals surface area contributed by atoms with Crippen LogP contribution in [0.1, 0.15) is 23.7 Å². The molecule has 0 fully saturated rings. The minimum atomic E-state index is -0.116. The Labute approximate surface area is 125 Å². The lowest BCUT2D eigenvalue weighted by molar-refractivity contribution is -0.118. The van der Waals surface area contributed by atoms with Gasteiger partial charge in [0.25, 0.3) is 5.91 Å². The number of carbonyl (C=O) groups is 2. The Morgan fingerprint density at radius 1 is 1.14 bits per heavy atom. The van der Waals surface area contributed by atoms with E-state index in [0.29, 0.717) is 36.6 Å². The van der Waals surface area contributed by atoms with Gasteiger partial charge in [-0.25, -0.2) is 0 Å². The number of rotatable bonds is 7. The van der Waals surface area contributed by atoms with Crippen molar-refractivity contribution >= 4 is 11.8 Å². The van der Waals surface area contributed by atoms with E-state index in [-0.39, 0.29) is 11.8 Å². The molecule has 6 nitrogen and oxygen atoms in total. The molecule has 0 atom stereocenters. The number of hydrogen-bond donors (Lipinski definition) is 1. The van der Waals surface area contributed by atoms with E-state index in [2.05, 4.69) is 5.32 Å². The van der Waals surface area contributed by atoms with Crippen molar-refractivity contribution in [2.45, 2.75) is 13.3 Å². The van der Waals surface area contributed by atoms with E-state index in [1.807, 2.05) is 0 Å². The average Bonchev–Trinajstić information content (AvgIpc) is 2.49. The number of ether oxygens (including phenoxy) is 2. The molecule has 0 aromatic heterocycles. The van der Waals surface area contributed by atoms with Crippen molar-refractivity contribution in [2.75, 3.05) is 34.4 Å². The normalized spacial score (nSPS) is 9.90. The van der Waals surface area contributed by atoms with Crippen LogP contribution in [0.15, 0.2) is 18.2 Å². The fourth-order valence-electron chi connectivity index (χ4n) is 1.83. The Hall–Kier alpha value is -2.24. The van der Waals surface area contributed by atoms with Gasteiger partial charge in [0.1, 0.15) is 11.5 Å². The number of amides is 2. The largest absolute Gasteiger partial charge is 0.497 e. The lowest BCUT2D eigenvalue weighted by Gasteiger charge is -2.18. The number of carbonyl (C=O) groups excluding carboxylic acids is 2. The molecule has 0 aliphatic heterocycles. The molecule has 0 radical (unpaired) electrons. The smallest absolute Gasteiger partial charge is 0.253 e. The van der Waals surface area contributed by atoms with Gasteiger partial charge in [0.2, 0.25) is 5.91 Å². The Morgan fingerprint density at radius 3 is 2.19 bits per heavy atom. The topological polar surface area (TPSA) is 67.9 Å². The summed E-state index contributed by atoms with van der Waals surface area (Å²) in [5.41, 5.74) is 0.508. The molecule has 0 unspecified atom stereocenters. The van der Waals surface area contributed by atoms with Gasteiger partial charge in [-0.15, -0.1) is 0 Å². The molecule has 21 heavy (non-hydrogen) atoms. The van der Waals surface area contributed by atoms with Crippen LogP contribution in [-0.4, -0.2) is 51.1 Å². The number of methoxy groups -OCH3 is 2. The molecule has 1 aromatic rings. The van der Waals surface area contributed by atoms with Gasteiger partial charge in [-0.1, -0.05) is 0 Å². The monoisotopic (exact) mass is 294 g/mol. The first-order valence-corrected chi connectivity index (χ1v) is 6.71. The first-order valence-electron chi connectivity index (χ1n) is 6.71. The minimum absolute atomic E-state index is 0.0680. The van der Waals surface area contributed by atoms with Crippen LogP contribution in [0.5, 0.6) is 11.5 Å². The molecule has 0 aliphatic rings. The molecular formula is C15H22N2O4. The fourth-order valence-corrected chi connectivity index (χ4v) is 1.83. The molecule has 2 amide bonds. The highest BCUT2D eigenvalue weighted by Crippen LogP contribution is 2.23. The van der Waals surface area contributed by atoms with Crippen molar-refractivity contribution in [1.82, 2.24) is 10.2 Å². The van der Waals surface area contributed by atoms with Crippen LogP contribution >= 0.6 is 0 Å². The third kappa shape index (κ3) is 5.33. The standard InChI is InChI=1S/C15H22N2O4/c1-11(18)16-6-5-7-17(2)15(19)12-8-13(20-3)10-14(9-12)21-4/h8-10H,5-7H2,1-4H3,(H,16,18). The predicted octanol–water partition coefficient (Wildman–Crippen LogP) is 1.30. The van der Waals surface area contributed by atoms with E-state index in [9.17, 15) is 9.59 Å². The van der Waals surface area contributed by atoms with E-state index < -0.39 is 0 Å². The van der Waals surface area contributed by atoms with Crippen LogP contribution < -0.4 is 14.8 Å². The van der Waals surface area contributed by atoms with Crippen LogP contribution in [0.2, 0.25) is 0 Å². The van der Waals surface area contributed by atoms with Crippen LogP contribution in [0, 0.1) is 0 Å². The van der Waals surface area contributed by atoms with E-state index in [1.54, 1.807) is 44.4 Å². The SMILES string of the molecule is COc1cc(OC)cc(C(=O)N(C)CCCNC(C)=O)c1. The Morgan fingerprint density at radius 2 is 1.71 bits per heavy atom. The molecule has 0 heterocycles. The highest BCUT2D eigenvalue weighted by atomic mass is 16.5. The molecule has 116 valence electrons. The molecule has 0 saturated heterocycles. The molecule has 0 bridgehead atoms. The minimum Gasteiger partial charge on any atom is -0.497 e. The van der Waals surface area contributed by atoms with Crippen LogP contribution in [0.3, 0.4) is 0 Å². The summed E-state index contributed by atoms with van der Waals surface area (Å²) in [6.07, 6.45) is 0.697. The third-order valence-electron chi connectivity index (χ3n) is 2.99. The molecule has 1 rings (SSSR count). The summed E-state index contributed by atoms with van der Waals surface area (Å²) < 4.78 is 10.3. The zero-order chi connectivity index (χ0) is 15.8. The molecule has 1 N–H and O–H groups in total. The van der Waals surface area contributed by atoms with Gasteiger partial charge in [0.05, 0.1) is 14.2 Å². The molecule has 1 aromatic carbocycles. The lowest BCUT2D eigenvalue weighted by atomic mass is 10.1. The molecule has 0 spiro atoms. The van der Waals surface area contributed by atoms with Crippen molar-refractivity contribution in [1.29, 1.82) is 0 Å². The Kier molecular flexibility index (Phi) is 6.52. The zero-order valence-electron chi connectivity index (χ0n) is 12.9. The zero-order valence-corrected chi connectivity index (χ0v) is 12.9. The summed E-state index contributed by atoms with van der Waals surface area (Å²) in [6.45, 7) is 2.57. The van der Waals surface area contributed by atoms with Crippen molar-refractivity contribution in [2.24, 2.45) is 0 Å².